The molecular formula is C12H20N2O3Si. The normalized spacial score (nSPS) is 17.7. The van der Waals surface area contributed by atoms with Gasteiger partial charge in [-0.3, -0.25) is 10.2 Å². The Balaban J connectivity index is 1.98. The van der Waals surface area contributed by atoms with Crippen LogP contribution in [0.1, 0.15) is 10.6 Å². The van der Waals surface area contributed by atoms with E-state index in [-0.39, 0.29) is 5.91 Å². The minimum absolute atomic E-state index is 0.179. The van der Waals surface area contributed by atoms with E-state index in [4.69, 9.17) is 9.15 Å². The molecule has 0 spiro atoms. The lowest BCUT2D eigenvalue weighted by molar-refractivity contribution is 0.0118. The Morgan fingerprint density at radius 1 is 1.28 bits per heavy atom. The Morgan fingerprint density at radius 3 is 2.50 bits per heavy atom. The fourth-order valence-corrected chi connectivity index (χ4v) is 2.74. The van der Waals surface area contributed by atoms with Crippen LogP contribution in [0.3, 0.4) is 0 Å². The third kappa shape index (κ3) is 3.21. The number of furan rings is 1. The van der Waals surface area contributed by atoms with Gasteiger partial charge in [-0.2, -0.15) is 0 Å². The van der Waals surface area contributed by atoms with Crippen molar-refractivity contribution in [1.29, 1.82) is 0 Å². The van der Waals surface area contributed by atoms with E-state index >= 15 is 0 Å². The van der Waals surface area contributed by atoms with Crippen molar-refractivity contribution in [3.63, 3.8) is 0 Å². The summed E-state index contributed by atoms with van der Waals surface area (Å²) in [6.45, 7) is 9.30. The molecule has 1 aromatic rings. The van der Waals surface area contributed by atoms with Gasteiger partial charge in [0, 0.05) is 13.1 Å². The van der Waals surface area contributed by atoms with Gasteiger partial charge in [0.15, 0.2) is 5.76 Å². The van der Waals surface area contributed by atoms with Crippen LogP contribution < -0.4 is 10.8 Å². The lowest BCUT2D eigenvalue weighted by atomic mass is 10.4. The highest BCUT2D eigenvalue weighted by Gasteiger charge is 2.23. The van der Waals surface area contributed by atoms with Crippen molar-refractivity contribution >= 4 is 19.4 Å². The van der Waals surface area contributed by atoms with E-state index < -0.39 is 8.07 Å². The second-order valence-electron chi connectivity index (χ2n) is 5.45. The average Bonchev–Trinajstić information content (AvgIpc) is 2.79. The van der Waals surface area contributed by atoms with Gasteiger partial charge in [-0.15, -0.1) is 0 Å². The molecule has 0 aromatic carbocycles. The zero-order valence-corrected chi connectivity index (χ0v) is 12.2. The van der Waals surface area contributed by atoms with Crippen molar-refractivity contribution < 1.29 is 13.9 Å². The van der Waals surface area contributed by atoms with Gasteiger partial charge in [-0.25, -0.2) is 5.01 Å². The number of carbonyl (C=O) groups excluding carboxylic acids is 1. The molecule has 1 aromatic heterocycles. The molecule has 5 nitrogen and oxygen atoms in total. The Labute approximate surface area is 108 Å². The Kier molecular flexibility index (Phi) is 3.89. The van der Waals surface area contributed by atoms with Crippen LogP contribution in [-0.4, -0.2) is 45.3 Å². The van der Waals surface area contributed by atoms with Gasteiger partial charge >= 0.3 is 5.91 Å². The molecule has 0 unspecified atom stereocenters. The smallest absolute Gasteiger partial charge is 0.301 e. The maximum absolute atomic E-state index is 12.0. The summed E-state index contributed by atoms with van der Waals surface area (Å²) < 4.78 is 10.9. The van der Waals surface area contributed by atoms with Crippen LogP contribution in [0.2, 0.25) is 19.6 Å². The summed E-state index contributed by atoms with van der Waals surface area (Å²) in [7, 11) is -1.49. The van der Waals surface area contributed by atoms with Crippen molar-refractivity contribution in [3.8, 4) is 0 Å². The molecule has 0 atom stereocenters. The monoisotopic (exact) mass is 268 g/mol. The van der Waals surface area contributed by atoms with Crippen LogP contribution >= 0.6 is 0 Å². The number of morpholine rings is 1. The molecule has 1 fully saturated rings. The summed E-state index contributed by atoms with van der Waals surface area (Å²) in [5, 5.41) is 2.82. The maximum atomic E-state index is 12.0. The first-order valence-corrected chi connectivity index (χ1v) is 9.71. The van der Waals surface area contributed by atoms with Crippen molar-refractivity contribution in [3.05, 3.63) is 17.9 Å². The largest absolute Gasteiger partial charge is 0.461 e. The second kappa shape index (κ2) is 5.25. The first-order chi connectivity index (χ1) is 8.47. The lowest BCUT2D eigenvalue weighted by Crippen LogP contribution is -2.48. The lowest BCUT2D eigenvalue weighted by Gasteiger charge is -2.26. The zero-order valence-electron chi connectivity index (χ0n) is 11.2. The fraction of sp³-hybridized carbons (Fsp3) is 0.583. The molecule has 2 heterocycles. The zero-order chi connectivity index (χ0) is 13.2. The van der Waals surface area contributed by atoms with Crippen LogP contribution in [0, 0.1) is 0 Å². The summed E-state index contributed by atoms with van der Waals surface area (Å²) in [5.41, 5.74) is 2.84. The fourth-order valence-electron chi connectivity index (χ4n) is 1.74. The predicted octanol–water partition coefficient (Wildman–Crippen LogP) is 0.802. The van der Waals surface area contributed by atoms with E-state index in [1.54, 1.807) is 6.07 Å². The molecule has 0 radical (unpaired) electrons. The average molecular weight is 268 g/mol. The highest BCUT2D eigenvalue weighted by molar-refractivity contribution is 6.87. The molecule has 1 saturated heterocycles. The van der Waals surface area contributed by atoms with Crippen LogP contribution in [0.4, 0.5) is 0 Å². The Bertz CT molecular complexity index is 419. The minimum atomic E-state index is -1.49. The van der Waals surface area contributed by atoms with Crippen LogP contribution in [-0.2, 0) is 4.74 Å². The number of rotatable bonds is 3. The van der Waals surface area contributed by atoms with Gasteiger partial charge in [0.05, 0.1) is 18.6 Å². The van der Waals surface area contributed by atoms with Gasteiger partial charge in [0.1, 0.15) is 8.07 Å². The third-order valence-electron chi connectivity index (χ3n) is 2.84. The van der Waals surface area contributed by atoms with Crippen molar-refractivity contribution in [1.82, 2.24) is 10.4 Å². The molecule has 1 aliphatic rings. The number of carbonyl (C=O) groups is 1. The molecule has 1 N–H and O–H groups in total. The molecule has 1 amide bonds. The number of hydrogen-bond donors (Lipinski definition) is 1. The third-order valence-corrected chi connectivity index (χ3v) is 4.59. The summed E-state index contributed by atoms with van der Waals surface area (Å²) >= 11 is 0. The second-order valence-corrected chi connectivity index (χ2v) is 10.4. The number of ether oxygens (including phenoxy) is 1. The van der Waals surface area contributed by atoms with Crippen molar-refractivity contribution in [2.24, 2.45) is 0 Å². The van der Waals surface area contributed by atoms with Crippen molar-refractivity contribution in [2.75, 3.05) is 26.3 Å². The number of nitrogens with one attached hydrogen (secondary N) is 1. The summed E-state index contributed by atoms with van der Waals surface area (Å²) in [6, 6.07) is 3.67. The van der Waals surface area contributed by atoms with Gasteiger partial charge in [-0.05, 0) is 12.1 Å². The van der Waals surface area contributed by atoms with Crippen LogP contribution in [0.5, 0.6) is 0 Å². The maximum Gasteiger partial charge on any atom is 0.301 e. The molecule has 18 heavy (non-hydrogen) atoms. The number of hydrogen-bond acceptors (Lipinski definition) is 4. The van der Waals surface area contributed by atoms with Gasteiger partial charge in [-0.1, -0.05) is 19.6 Å². The van der Waals surface area contributed by atoms with Gasteiger partial charge in [0.2, 0.25) is 0 Å². The SMILES string of the molecule is C[Si](C)(C)c1ccc(C(=O)NN2CCOCC2)o1. The highest BCUT2D eigenvalue weighted by Crippen LogP contribution is 2.07. The number of amides is 1. The molecule has 1 aliphatic heterocycles. The number of hydrazine groups is 1. The van der Waals surface area contributed by atoms with E-state index in [1.807, 2.05) is 11.1 Å². The van der Waals surface area contributed by atoms with E-state index in [2.05, 4.69) is 25.1 Å². The first-order valence-electron chi connectivity index (χ1n) is 6.21. The molecule has 2 rings (SSSR count). The van der Waals surface area contributed by atoms with Crippen LogP contribution in [0.25, 0.3) is 0 Å². The molecule has 6 heteroatoms. The van der Waals surface area contributed by atoms with E-state index in [0.717, 1.165) is 5.38 Å². The van der Waals surface area contributed by atoms with Crippen LogP contribution in [0.15, 0.2) is 16.5 Å². The highest BCUT2D eigenvalue weighted by atomic mass is 28.3. The number of nitrogens with zero attached hydrogens (tertiary/aromatic N) is 1. The summed E-state index contributed by atoms with van der Waals surface area (Å²) in [4.78, 5) is 12.0. The molecule has 0 bridgehead atoms. The summed E-state index contributed by atoms with van der Waals surface area (Å²) in [6.07, 6.45) is 0. The molecule has 0 saturated carbocycles. The van der Waals surface area contributed by atoms with Crippen molar-refractivity contribution in [2.45, 2.75) is 19.6 Å². The summed E-state index contributed by atoms with van der Waals surface area (Å²) in [5.74, 6) is 0.209. The van der Waals surface area contributed by atoms with E-state index in [0.29, 0.717) is 32.1 Å². The minimum Gasteiger partial charge on any atom is -0.461 e. The van der Waals surface area contributed by atoms with Gasteiger partial charge in [0.25, 0.3) is 0 Å². The predicted molar refractivity (Wildman–Crippen MR) is 71.5 cm³/mol. The van der Waals surface area contributed by atoms with E-state index in [9.17, 15) is 4.79 Å². The Hall–Kier alpha value is -1.11. The van der Waals surface area contributed by atoms with E-state index in [1.165, 1.54) is 0 Å². The molecule has 0 aliphatic carbocycles. The first kappa shape index (κ1) is 13.3. The molecule has 100 valence electrons. The molecular weight excluding hydrogens is 248 g/mol. The quantitative estimate of drug-likeness (QED) is 0.824. The topological polar surface area (TPSA) is 54.7 Å². The Morgan fingerprint density at radius 2 is 1.94 bits per heavy atom. The standard InChI is InChI=1S/C12H20N2O3Si/c1-18(2,3)11-5-4-10(17-11)12(15)13-14-6-8-16-9-7-14/h4-5H,6-9H2,1-3H3,(H,13,15). The van der Waals surface area contributed by atoms with Gasteiger partial charge < -0.3 is 9.15 Å².